The fraction of sp³-hybridized carbons (Fsp3) is 0.241. The molecule has 3 amide bonds. The number of hydrogen-bond donors (Lipinski definition) is 3. The summed E-state index contributed by atoms with van der Waals surface area (Å²) >= 11 is 6.01. The number of rotatable bonds is 8. The normalized spacial score (nSPS) is 15.8. The molecule has 0 fully saturated rings. The maximum atomic E-state index is 14.0. The van der Waals surface area contributed by atoms with Gasteiger partial charge in [-0.1, -0.05) is 60.1 Å². The number of carbonyl (C=O) groups is 4. The molecule has 0 unspecified atom stereocenters. The van der Waals surface area contributed by atoms with Crippen LogP contribution in [0.3, 0.4) is 0 Å². The van der Waals surface area contributed by atoms with Crippen molar-refractivity contribution in [2.45, 2.75) is 44.5 Å². The number of amides is 3. The van der Waals surface area contributed by atoms with Gasteiger partial charge in [0.15, 0.2) is 0 Å². The van der Waals surface area contributed by atoms with E-state index in [-0.39, 0.29) is 18.5 Å². The minimum Gasteiger partial charge on any atom is -0.481 e. The van der Waals surface area contributed by atoms with E-state index in [1.165, 1.54) is 11.8 Å². The third kappa shape index (κ3) is 7.14. The summed E-state index contributed by atoms with van der Waals surface area (Å²) in [6.07, 6.45) is -1.02. The SMILES string of the molecule is C[C@@H](OC(=O)c1ccccc1)[C@H](NC(=O)Nc1cccc(Cl)c1)C(=O)N1Cc2ccccc2C[C@@H]1CC(=O)O. The molecule has 39 heavy (non-hydrogen) atoms. The molecule has 0 spiro atoms. The molecular weight excluding hydrogens is 522 g/mol. The zero-order chi connectivity index (χ0) is 27.9. The van der Waals surface area contributed by atoms with Crippen molar-refractivity contribution in [1.82, 2.24) is 10.2 Å². The summed E-state index contributed by atoms with van der Waals surface area (Å²) in [5.41, 5.74) is 2.52. The molecule has 4 rings (SSSR count). The first-order valence-corrected chi connectivity index (χ1v) is 12.8. The third-order valence-corrected chi connectivity index (χ3v) is 6.69. The molecule has 3 N–H and O–H groups in total. The Morgan fingerprint density at radius 1 is 1.00 bits per heavy atom. The van der Waals surface area contributed by atoms with E-state index in [4.69, 9.17) is 16.3 Å². The first kappa shape index (κ1) is 27.7. The molecule has 0 aromatic heterocycles. The number of urea groups is 1. The van der Waals surface area contributed by atoms with Crippen LogP contribution in [-0.2, 0) is 27.3 Å². The molecule has 0 bridgehead atoms. The van der Waals surface area contributed by atoms with E-state index < -0.39 is 42.1 Å². The van der Waals surface area contributed by atoms with E-state index in [9.17, 15) is 24.3 Å². The molecule has 0 radical (unpaired) electrons. The largest absolute Gasteiger partial charge is 0.481 e. The first-order valence-electron chi connectivity index (χ1n) is 12.4. The zero-order valence-electron chi connectivity index (χ0n) is 21.2. The summed E-state index contributed by atoms with van der Waals surface area (Å²) in [5.74, 6) is -2.28. The maximum absolute atomic E-state index is 14.0. The van der Waals surface area contributed by atoms with Gasteiger partial charge in [0.25, 0.3) is 0 Å². The number of benzene rings is 3. The number of halogens is 1. The van der Waals surface area contributed by atoms with Crippen LogP contribution < -0.4 is 10.6 Å². The Morgan fingerprint density at radius 3 is 2.38 bits per heavy atom. The Bertz CT molecular complexity index is 1370. The van der Waals surface area contributed by atoms with Crippen molar-refractivity contribution >= 4 is 41.2 Å². The summed E-state index contributed by atoms with van der Waals surface area (Å²) < 4.78 is 5.60. The van der Waals surface area contributed by atoms with Crippen molar-refractivity contribution in [2.24, 2.45) is 0 Å². The van der Waals surface area contributed by atoms with E-state index in [2.05, 4.69) is 10.6 Å². The highest BCUT2D eigenvalue weighted by Gasteiger charge is 2.39. The number of esters is 1. The summed E-state index contributed by atoms with van der Waals surface area (Å²) in [7, 11) is 0. The smallest absolute Gasteiger partial charge is 0.338 e. The van der Waals surface area contributed by atoms with Gasteiger partial charge in [0.2, 0.25) is 5.91 Å². The molecule has 1 aliphatic rings. The van der Waals surface area contributed by atoms with Gasteiger partial charge in [-0.2, -0.15) is 0 Å². The number of nitrogens with zero attached hydrogens (tertiary/aromatic N) is 1. The first-order chi connectivity index (χ1) is 18.7. The lowest BCUT2D eigenvalue weighted by molar-refractivity contribution is -0.143. The number of hydrogen-bond acceptors (Lipinski definition) is 5. The van der Waals surface area contributed by atoms with E-state index in [1.807, 2.05) is 24.3 Å². The van der Waals surface area contributed by atoms with Crippen molar-refractivity contribution in [1.29, 1.82) is 0 Å². The molecule has 10 heteroatoms. The van der Waals surface area contributed by atoms with E-state index >= 15 is 0 Å². The van der Waals surface area contributed by atoms with Crippen LogP contribution in [0, 0.1) is 0 Å². The van der Waals surface area contributed by atoms with Gasteiger partial charge in [0.05, 0.1) is 12.0 Å². The highest BCUT2D eigenvalue weighted by Crippen LogP contribution is 2.26. The van der Waals surface area contributed by atoms with E-state index in [0.29, 0.717) is 17.1 Å². The Morgan fingerprint density at radius 2 is 1.69 bits per heavy atom. The van der Waals surface area contributed by atoms with Gasteiger partial charge in [-0.3, -0.25) is 9.59 Å². The molecule has 1 aliphatic heterocycles. The predicted molar refractivity (Wildman–Crippen MR) is 145 cm³/mol. The van der Waals surface area contributed by atoms with Crippen molar-refractivity contribution in [3.05, 3.63) is 101 Å². The molecule has 3 aromatic rings. The van der Waals surface area contributed by atoms with Gasteiger partial charge >= 0.3 is 18.0 Å². The van der Waals surface area contributed by atoms with E-state index in [0.717, 1.165) is 11.1 Å². The van der Waals surface area contributed by atoms with Gasteiger partial charge in [-0.15, -0.1) is 0 Å². The monoisotopic (exact) mass is 549 g/mol. The number of anilines is 1. The van der Waals surface area contributed by atoms with Crippen LogP contribution in [0.15, 0.2) is 78.9 Å². The van der Waals surface area contributed by atoms with Gasteiger partial charge in [-0.05, 0) is 54.8 Å². The number of ether oxygens (including phenoxy) is 1. The summed E-state index contributed by atoms with van der Waals surface area (Å²) in [5, 5.41) is 15.2. The Balaban J connectivity index is 1.60. The fourth-order valence-corrected chi connectivity index (χ4v) is 4.73. The average molecular weight is 550 g/mol. The van der Waals surface area contributed by atoms with Gasteiger partial charge in [0.1, 0.15) is 12.1 Å². The molecular formula is C29H28ClN3O6. The molecule has 0 saturated carbocycles. The molecule has 9 nitrogen and oxygen atoms in total. The van der Waals surface area contributed by atoms with Crippen molar-refractivity contribution in [3.8, 4) is 0 Å². The lowest BCUT2D eigenvalue weighted by atomic mass is 9.91. The maximum Gasteiger partial charge on any atom is 0.338 e. The summed E-state index contributed by atoms with van der Waals surface area (Å²) in [6.45, 7) is 1.66. The Labute approximate surface area is 230 Å². The fourth-order valence-electron chi connectivity index (χ4n) is 4.54. The standard InChI is InChI=1S/C29H28ClN3O6/c1-18(39-28(37)19-8-3-2-4-9-19)26(32-29(38)31-23-13-7-12-22(30)15-23)27(36)33-17-21-11-6-5-10-20(21)14-24(33)16-25(34)35/h2-13,15,18,24,26H,14,16-17H2,1H3,(H,34,35)(H2,31,32,38)/t18-,24-,26+/m1/s1. The van der Waals surface area contributed by atoms with Crippen LogP contribution in [0.1, 0.15) is 34.8 Å². The van der Waals surface area contributed by atoms with Crippen LogP contribution in [0.2, 0.25) is 5.02 Å². The second kappa shape index (κ2) is 12.4. The summed E-state index contributed by atoms with van der Waals surface area (Å²) in [4.78, 5) is 52.8. The molecule has 0 saturated heterocycles. The van der Waals surface area contributed by atoms with Crippen LogP contribution in [0.4, 0.5) is 10.5 Å². The van der Waals surface area contributed by atoms with Crippen LogP contribution >= 0.6 is 11.6 Å². The van der Waals surface area contributed by atoms with Crippen molar-refractivity contribution in [2.75, 3.05) is 5.32 Å². The number of fused-ring (bicyclic) bond motifs is 1. The average Bonchev–Trinajstić information content (AvgIpc) is 2.91. The van der Waals surface area contributed by atoms with Crippen molar-refractivity contribution < 1.29 is 29.0 Å². The van der Waals surface area contributed by atoms with Gasteiger partial charge < -0.3 is 25.4 Å². The third-order valence-electron chi connectivity index (χ3n) is 6.46. The van der Waals surface area contributed by atoms with Crippen LogP contribution in [0.5, 0.6) is 0 Å². The quantitative estimate of drug-likeness (QED) is 0.355. The number of carboxylic acids is 1. The predicted octanol–water partition coefficient (Wildman–Crippen LogP) is 4.50. The zero-order valence-corrected chi connectivity index (χ0v) is 21.9. The Kier molecular flexibility index (Phi) is 8.83. The lowest BCUT2D eigenvalue weighted by Crippen LogP contribution is -2.58. The minimum atomic E-state index is -1.31. The number of carboxylic acid groups (broad SMARTS) is 1. The highest BCUT2D eigenvalue weighted by atomic mass is 35.5. The molecule has 3 aromatic carbocycles. The molecule has 3 atom stereocenters. The van der Waals surface area contributed by atoms with Crippen LogP contribution in [-0.4, -0.2) is 52.1 Å². The highest BCUT2D eigenvalue weighted by molar-refractivity contribution is 6.30. The van der Waals surface area contributed by atoms with Gasteiger partial charge in [0, 0.05) is 23.3 Å². The lowest BCUT2D eigenvalue weighted by Gasteiger charge is -2.39. The second-order valence-electron chi connectivity index (χ2n) is 9.25. The second-order valence-corrected chi connectivity index (χ2v) is 9.69. The van der Waals surface area contributed by atoms with Crippen LogP contribution in [0.25, 0.3) is 0 Å². The van der Waals surface area contributed by atoms with Gasteiger partial charge in [-0.25, -0.2) is 9.59 Å². The summed E-state index contributed by atoms with van der Waals surface area (Å²) in [6, 6.07) is 19.6. The minimum absolute atomic E-state index is 0.153. The van der Waals surface area contributed by atoms with E-state index in [1.54, 1.807) is 54.6 Å². The number of carbonyl (C=O) groups excluding carboxylic acids is 3. The number of aliphatic carboxylic acids is 1. The number of nitrogens with one attached hydrogen (secondary N) is 2. The topological polar surface area (TPSA) is 125 Å². The van der Waals surface area contributed by atoms with Crippen molar-refractivity contribution in [3.63, 3.8) is 0 Å². The molecule has 0 aliphatic carbocycles. The molecule has 202 valence electrons. The molecule has 1 heterocycles. The Hall–Kier alpha value is -4.37.